The number of hydrazone groups is 1. The molecule has 0 aromatic rings. The van der Waals surface area contributed by atoms with E-state index < -0.39 is 6.03 Å². The van der Waals surface area contributed by atoms with Crippen LogP contribution in [0.25, 0.3) is 0 Å². The van der Waals surface area contributed by atoms with E-state index in [1.807, 2.05) is 0 Å². The van der Waals surface area contributed by atoms with E-state index in [4.69, 9.17) is 5.73 Å². The van der Waals surface area contributed by atoms with Crippen LogP contribution < -0.4 is 11.2 Å². The van der Waals surface area contributed by atoms with Gasteiger partial charge < -0.3 is 5.73 Å². The van der Waals surface area contributed by atoms with Gasteiger partial charge >= 0.3 is 6.03 Å². The second-order valence-electron chi connectivity index (χ2n) is 4.85. The van der Waals surface area contributed by atoms with E-state index in [0.717, 1.165) is 25.0 Å². The van der Waals surface area contributed by atoms with E-state index in [2.05, 4.69) is 31.3 Å². The minimum absolute atomic E-state index is 0.394. The highest BCUT2D eigenvalue weighted by molar-refractivity contribution is 5.88. The smallest absolute Gasteiger partial charge is 0.332 e. The highest BCUT2D eigenvalue weighted by atomic mass is 16.2. The number of urea groups is 1. The molecule has 2 amide bonds. The van der Waals surface area contributed by atoms with Crippen LogP contribution in [0.2, 0.25) is 0 Å². The van der Waals surface area contributed by atoms with Crippen molar-refractivity contribution in [3.63, 3.8) is 0 Å². The van der Waals surface area contributed by atoms with Crippen molar-refractivity contribution in [3.05, 3.63) is 0 Å². The lowest BCUT2D eigenvalue weighted by atomic mass is 9.72. The summed E-state index contributed by atoms with van der Waals surface area (Å²) in [5.41, 5.74) is 8.70. The fourth-order valence-corrected chi connectivity index (χ4v) is 2.05. The van der Waals surface area contributed by atoms with Crippen LogP contribution in [0, 0.1) is 11.3 Å². The molecule has 0 radical (unpaired) electrons. The number of carbonyl (C=O) groups excluding carboxylic acids is 1. The molecule has 0 saturated heterocycles. The van der Waals surface area contributed by atoms with Crippen molar-refractivity contribution in [1.82, 2.24) is 5.43 Å². The molecule has 0 spiro atoms. The molecule has 1 aliphatic rings. The number of nitrogens with zero attached hydrogens (tertiary/aromatic N) is 1. The lowest BCUT2D eigenvalue weighted by molar-refractivity contribution is 0.248. The molecule has 0 aromatic carbocycles. The average Bonchev–Trinajstić information content (AvgIpc) is 2.00. The molecule has 1 aliphatic carbocycles. The third-order valence-corrected chi connectivity index (χ3v) is 2.80. The summed E-state index contributed by atoms with van der Waals surface area (Å²) in [6, 6.07) is -0.588. The van der Waals surface area contributed by atoms with Gasteiger partial charge in [0.2, 0.25) is 0 Å². The van der Waals surface area contributed by atoms with E-state index in [9.17, 15) is 4.79 Å². The van der Waals surface area contributed by atoms with E-state index in [1.54, 1.807) is 0 Å². The fraction of sp³-hybridized carbons (Fsp3) is 0.800. The molecule has 4 heteroatoms. The Kier molecular flexibility index (Phi) is 3.13. The quantitative estimate of drug-likeness (QED) is 0.619. The van der Waals surface area contributed by atoms with Gasteiger partial charge in [-0.1, -0.05) is 20.8 Å². The Balaban J connectivity index is 2.58. The standard InChI is InChI=1S/C10H19N3O/c1-7-6-10(2,3)5-4-8(7)12-13-9(11)14/h7H,4-6H2,1-3H3,(H3,11,13,14)/b12-8+. The predicted octanol–water partition coefficient (Wildman–Crippen LogP) is 1.86. The van der Waals surface area contributed by atoms with Crippen molar-refractivity contribution in [2.24, 2.45) is 22.2 Å². The van der Waals surface area contributed by atoms with Crippen molar-refractivity contribution in [2.45, 2.75) is 40.0 Å². The molecule has 3 N–H and O–H groups in total. The number of amides is 2. The van der Waals surface area contributed by atoms with Gasteiger partial charge in [-0.25, -0.2) is 10.2 Å². The number of hydrogen-bond donors (Lipinski definition) is 2. The van der Waals surface area contributed by atoms with Gasteiger partial charge in [-0.05, 0) is 30.6 Å². The Morgan fingerprint density at radius 2 is 2.29 bits per heavy atom. The normalized spacial score (nSPS) is 28.8. The predicted molar refractivity (Wildman–Crippen MR) is 57.0 cm³/mol. The second kappa shape index (κ2) is 3.98. The van der Waals surface area contributed by atoms with E-state index in [1.165, 1.54) is 0 Å². The van der Waals surface area contributed by atoms with Gasteiger partial charge in [0.1, 0.15) is 0 Å². The second-order valence-corrected chi connectivity index (χ2v) is 4.85. The summed E-state index contributed by atoms with van der Waals surface area (Å²) >= 11 is 0. The molecule has 1 rings (SSSR count). The van der Waals surface area contributed by atoms with Crippen molar-refractivity contribution in [1.29, 1.82) is 0 Å². The summed E-state index contributed by atoms with van der Waals surface area (Å²) in [6.07, 6.45) is 3.19. The Morgan fingerprint density at radius 1 is 1.64 bits per heavy atom. The Labute approximate surface area is 84.9 Å². The zero-order chi connectivity index (χ0) is 10.8. The summed E-state index contributed by atoms with van der Waals surface area (Å²) in [6.45, 7) is 6.67. The number of carbonyl (C=O) groups is 1. The molecule has 0 aromatic heterocycles. The SMILES string of the molecule is CC1CC(C)(C)CC/C1=N\NC(N)=O. The third kappa shape index (κ3) is 3.01. The zero-order valence-corrected chi connectivity index (χ0v) is 9.13. The average molecular weight is 197 g/mol. The van der Waals surface area contributed by atoms with Crippen LogP contribution in [0.3, 0.4) is 0 Å². The maximum absolute atomic E-state index is 10.5. The molecule has 1 atom stereocenters. The van der Waals surface area contributed by atoms with Crippen LogP contribution >= 0.6 is 0 Å². The summed E-state index contributed by atoms with van der Waals surface area (Å²) < 4.78 is 0. The van der Waals surface area contributed by atoms with Crippen LogP contribution in [0.5, 0.6) is 0 Å². The Bertz CT molecular complexity index is 258. The van der Waals surface area contributed by atoms with Gasteiger partial charge in [-0.2, -0.15) is 5.10 Å². The Hall–Kier alpha value is -1.06. The number of nitrogens with one attached hydrogen (secondary N) is 1. The van der Waals surface area contributed by atoms with Gasteiger partial charge in [-0.3, -0.25) is 0 Å². The van der Waals surface area contributed by atoms with Gasteiger partial charge in [0.25, 0.3) is 0 Å². The molecule has 14 heavy (non-hydrogen) atoms. The first kappa shape index (κ1) is 11.0. The first-order valence-corrected chi connectivity index (χ1v) is 5.02. The van der Waals surface area contributed by atoms with Gasteiger partial charge in [0.05, 0.1) is 0 Å². The van der Waals surface area contributed by atoms with E-state index in [0.29, 0.717) is 11.3 Å². The number of nitrogens with two attached hydrogens (primary N) is 1. The molecule has 80 valence electrons. The van der Waals surface area contributed by atoms with Gasteiger partial charge in [-0.15, -0.1) is 0 Å². The summed E-state index contributed by atoms with van der Waals surface area (Å²) in [5, 5.41) is 4.02. The summed E-state index contributed by atoms with van der Waals surface area (Å²) in [4.78, 5) is 10.5. The van der Waals surface area contributed by atoms with E-state index in [-0.39, 0.29) is 0 Å². The number of hydrogen-bond acceptors (Lipinski definition) is 2. The first-order chi connectivity index (χ1) is 6.41. The third-order valence-electron chi connectivity index (χ3n) is 2.80. The van der Waals surface area contributed by atoms with Gasteiger partial charge in [0.15, 0.2) is 0 Å². The van der Waals surface area contributed by atoms with E-state index >= 15 is 0 Å². The maximum atomic E-state index is 10.5. The molecule has 4 nitrogen and oxygen atoms in total. The molecule has 1 saturated carbocycles. The monoisotopic (exact) mass is 197 g/mol. The number of primary amides is 1. The molecule has 0 heterocycles. The first-order valence-electron chi connectivity index (χ1n) is 5.02. The van der Waals surface area contributed by atoms with Crippen molar-refractivity contribution in [2.75, 3.05) is 0 Å². The Morgan fingerprint density at radius 3 is 2.79 bits per heavy atom. The largest absolute Gasteiger partial charge is 0.350 e. The van der Waals surface area contributed by atoms with Crippen LogP contribution in [0.1, 0.15) is 40.0 Å². The highest BCUT2D eigenvalue weighted by Gasteiger charge is 2.29. The highest BCUT2D eigenvalue weighted by Crippen LogP contribution is 2.36. The molecule has 1 fully saturated rings. The lowest BCUT2D eigenvalue weighted by Crippen LogP contribution is -2.32. The summed E-state index contributed by atoms with van der Waals surface area (Å²) in [5.74, 6) is 0.436. The minimum atomic E-state index is -0.588. The number of rotatable bonds is 1. The van der Waals surface area contributed by atoms with Crippen molar-refractivity contribution in [3.8, 4) is 0 Å². The lowest BCUT2D eigenvalue weighted by Gasteiger charge is -2.34. The van der Waals surface area contributed by atoms with Crippen LogP contribution in [-0.2, 0) is 0 Å². The zero-order valence-electron chi connectivity index (χ0n) is 9.13. The molecular formula is C10H19N3O. The molecular weight excluding hydrogens is 178 g/mol. The van der Waals surface area contributed by atoms with Crippen molar-refractivity contribution < 1.29 is 4.79 Å². The maximum Gasteiger partial charge on any atom is 0.332 e. The molecule has 1 unspecified atom stereocenters. The minimum Gasteiger partial charge on any atom is -0.350 e. The van der Waals surface area contributed by atoms with Crippen LogP contribution in [0.4, 0.5) is 4.79 Å². The van der Waals surface area contributed by atoms with Crippen LogP contribution in [0.15, 0.2) is 5.10 Å². The fourth-order valence-electron chi connectivity index (χ4n) is 2.05. The summed E-state index contributed by atoms with van der Waals surface area (Å²) in [7, 11) is 0. The molecule has 0 bridgehead atoms. The van der Waals surface area contributed by atoms with Gasteiger partial charge in [0, 0.05) is 5.71 Å². The van der Waals surface area contributed by atoms with Crippen LogP contribution in [-0.4, -0.2) is 11.7 Å². The topological polar surface area (TPSA) is 67.5 Å². The molecule has 0 aliphatic heterocycles. The van der Waals surface area contributed by atoms with Crippen molar-refractivity contribution >= 4 is 11.7 Å².